The van der Waals surface area contributed by atoms with Crippen LogP contribution >= 0.6 is 35.1 Å². The van der Waals surface area contributed by atoms with E-state index in [9.17, 15) is 18.0 Å². The molecule has 0 aliphatic heterocycles. The molecule has 6 nitrogen and oxygen atoms in total. The number of rotatable bonds is 4. The van der Waals surface area contributed by atoms with Gasteiger partial charge in [0, 0.05) is 11.8 Å². The molecule has 0 atom stereocenters. The zero-order chi connectivity index (χ0) is 14.8. The zero-order valence-corrected chi connectivity index (χ0v) is 12.6. The van der Waals surface area contributed by atoms with Gasteiger partial charge < -0.3 is 5.73 Å². The lowest BCUT2D eigenvalue weighted by Gasteiger charge is -1.98. The molecule has 0 spiro atoms. The number of carbonyl (C=O) groups excluding carboxylic acids is 1. The molecule has 0 aromatic carbocycles. The van der Waals surface area contributed by atoms with Crippen LogP contribution < -0.4 is 11.1 Å². The van der Waals surface area contributed by atoms with Crippen LogP contribution in [0.4, 0.5) is 18.3 Å². The quantitative estimate of drug-likeness (QED) is 0.872. The minimum absolute atomic E-state index is 0. The minimum atomic E-state index is -4.57. The number of thiazole rings is 1. The second-order valence-electron chi connectivity index (χ2n) is 3.53. The van der Waals surface area contributed by atoms with E-state index >= 15 is 0 Å². The summed E-state index contributed by atoms with van der Waals surface area (Å²) in [4.78, 5) is 15.8. The van der Waals surface area contributed by atoms with Crippen LogP contribution in [0.2, 0.25) is 0 Å². The van der Waals surface area contributed by atoms with E-state index in [1.165, 1.54) is 16.7 Å². The van der Waals surface area contributed by atoms with Crippen molar-refractivity contribution in [3.63, 3.8) is 0 Å². The highest BCUT2D eigenvalue weighted by Crippen LogP contribution is 2.33. The lowest BCUT2D eigenvalue weighted by Crippen LogP contribution is -2.12. The smallest absolute Gasteiger partial charge is 0.330 e. The molecule has 0 aliphatic rings. The van der Waals surface area contributed by atoms with Gasteiger partial charge in [-0.15, -0.1) is 33.9 Å². The molecule has 1 amide bonds. The Balaban J connectivity index is 0.00000220. The van der Waals surface area contributed by atoms with Gasteiger partial charge in [0.05, 0.1) is 5.01 Å². The molecule has 3 N–H and O–H groups in total. The Morgan fingerprint density at radius 3 is 2.67 bits per heavy atom. The summed E-state index contributed by atoms with van der Waals surface area (Å²) in [7, 11) is 0. The first-order chi connectivity index (χ1) is 9.40. The Morgan fingerprint density at radius 1 is 1.38 bits per heavy atom. The Morgan fingerprint density at radius 2 is 2.10 bits per heavy atom. The SMILES string of the molecule is Cl.NCCc1nc(C(=O)Nc2nnc(C(F)(F)F)s2)cs1. The molecule has 2 rings (SSSR count). The highest BCUT2D eigenvalue weighted by molar-refractivity contribution is 7.15. The third-order valence-electron chi connectivity index (χ3n) is 2.03. The second kappa shape index (κ2) is 7.11. The summed E-state index contributed by atoms with van der Waals surface area (Å²) in [5.74, 6) is -0.630. The van der Waals surface area contributed by atoms with Crippen molar-refractivity contribution in [3.05, 3.63) is 21.1 Å². The van der Waals surface area contributed by atoms with Gasteiger partial charge in [0.25, 0.3) is 5.91 Å². The average Bonchev–Trinajstić information content (AvgIpc) is 2.97. The number of hydrogen-bond donors (Lipinski definition) is 2. The number of anilines is 1. The molecule has 2 heterocycles. The number of carbonyl (C=O) groups is 1. The van der Waals surface area contributed by atoms with Crippen LogP contribution in [0.15, 0.2) is 5.38 Å². The third kappa shape index (κ3) is 4.59. The summed E-state index contributed by atoms with van der Waals surface area (Å²) in [5, 5.41) is 9.30. The Kier molecular flexibility index (Phi) is 6.01. The normalized spacial score (nSPS) is 11.0. The van der Waals surface area contributed by atoms with Crippen LogP contribution in [0.25, 0.3) is 0 Å². The number of halogens is 4. The van der Waals surface area contributed by atoms with Crippen molar-refractivity contribution in [3.8, 4) is 0 Å². The maximum absolute atomic E-state index is 12.3. The average molecular weight is 360 g/mol. The van der Waals surface area contributed by atoms with E-state index in [1.807, 2.05) is 0 Å². The van der Waals surface area contributed by atoms with Crippen LogP contribution in [0, 0.1) is 0 Å². The Hall–Kier alpha value is -1.30. The first kappa shape index (κ1) is 17.8. The number of hydrogen-bond acceptors (Lipinski definition) is 7. The highest BCUT2D eigenvalue weighted by Gasteiger charge is 2.35. The number of alkyl halides is 3. The molecule has 0 aliphatic carbocycles. The molecule has 0 unspecified atom stereocenters. The molecule has 2 aromatic rings. The van der Waals surface area contributed by atoms with Crippen molar-refractivity contribution >= 4 is 46.1 Å². The van der Waals surface area contributed by atoms with Crippen LogP contribution in [0.3, 0.4) is 0 Å². The molecule has 21 heavy (non-hydrogen) atoms. The molecule has 12 heteroatoms. The lowest BCUT2D eigenvalue weighted by atomic mass is 10.4. The minimum Gasteiger partial charge on any atom is -0.330 e. The first-order valence-electron chi connectivity index (χ1n) is 5.26. The summed E-state index contributed by atoms with van der Waals surface area (Å²) in [5.41, 5.74) is 5.47. The van der Waals surface area contributed by atoms with E-state index in [0.717, 1.165) is 0 Å². The van der Waals surface area contributed by atoms with E-state index in [1.54, 1.807) is 0 Å². The zero-order valence-electron chi connectivity index (χ0n) is 10.2. The summed E-state index contributed by atoms with van der Waals surface area (Å²) >= 11 is 1.51. The number of nitrogens with zero attached hydrogens (tertiary/aromatic N) is 3. The molecule has 0 bridgehead atoms. The van der Waals surface area contributed by atoms with Gasteiger partial charge in [-0.25, -0.2) is 4.98 Å². The number of aromatic nitrogens is 3. The molecule has 0 radical (unpaired) electrons. The van der Waals surface area contributed by atoms with E-state index in [2.05, 4.69) is 20.5 Å². The predicted molar refractivity (Wildman–Crippen MR) is 75.0 cm³/mol. The van der Waals surface area contributed by atoms with Gasteiger partial charge >= 0.3 is 6.18 Å². The van der Waals surface area contributed by atoms with E-state index in [-0.39, 0.29) is 34.6 Å². The fraction of sp³-hybridized carbons (Fsp3) is 0.333. The van der Waals surface area contributed by atoms with Gasteiger partial charge in [0.2, 0.25) is 10.1 Å². The van der Waals surface area contributed by atoms with Gasteiger partial charge in [-0.3, -0.25) is 10.1 Å². The van der Waals surface area contributed by atoms with E-state index in [4.69, 9.17) is 5.73 Å². The van der Waals surface area contributed by atoms with Crippen molar-refractivity contribution in [1.29, 1.82) is 0 Å². The van der Waals surface area contributed by atoms with Gasteiger partial charge in [0.1, 0.15) is 5.69 Å². The number of nitrogens with one attached hydrogen (secondary N) is 1. The van der Waals surface area contributed by atoms with Crippen molar-refractivity contribution in [2.75, 3.05) is 11.9 Å². The summed E-state index contributed by atoms with van der Waals surface area (Å²) < 4.78 is 37.0. The fourth-order valence-corrected chi connectivity index (χ4v) is 2.60. The number of amides is 1. The van der Waals surface area contributed by atoms with Crippen molar-refractivity contribution in [2.45, 2.75) is 12.6 Å². The molecule has 2 aromatic heterocycles. The highest BCUT2D eigenvalue weighted by atomic mass is 35.5. The molecule has 0 saturated heterocycles. The summed E-state index contributed by atoms with van der Waals surface area (Å²) in [6.45, 7) is 0.403. The molecule has 0 fully saturated rings. The predicted octanol–water partition coefficient (Wildman–Crippen LogP) is 2.19. The summed E-state index contributed by atoms with van der Waals surface area (Å²) in [6.07, 6.45) is -4.04. The Labute approximate surface area is 131 Å². The molecular weight excluding hydrogens is 351 g/mol. The molecular formula is C9H9ClF3N5OS2. The van der Waals surface area contributed by atoms with Crippen molar-refractivity contribution < 1.29 is 18.0 Å². The van der Waals surface area contributed by atoms with Crippen molar-refractivity contribution in [2.24, 2.45) is 5.73 Å². The number of nitrogens with two attached hydrogens (primary N) is 1. The lowest BCUT2D eigenvalue weighted by molar-refractivity contribution is -0.138. The first-order valence-corrected chi connectivity index (χ1v) is 6.96. The van der Waals surface area contributed by atoms with Gasteiger partial charge in [-0.05, 0) is 6.54 Å². The molecule has 116 valence electrons. The topological polar surface area (TPSA) is 93.8 Å². The van der Waals surface area contributed by atoms with Crippen LogP contribution in [0.1, 0.15) is 20.5 Å². The van der Waals surface area contributed by atoms with Crippen LogP contribution in [-0.4, -0.2) is 27.6 Å². The standard InChI is InChI=1S/C9H8F3N5OS2.ClH/c10-9(11,12)7-16-17-8(20-7)15-6(18)4-3-19-5(14-4)1-2-13;/h3H,1-2,13H2,(H,15,17,18);1H. The Bertz CT molecular complexity index is 615. The second-order valence-corrected chi connectivity index (χ2v) is 5.45. The molecule has 0 saturated carbocycles. The van der Waals surface area contributed by atoms with Crippen LogP contribution in [0.5, 0.6) is 0 Å². The van der Waals surface area contributed by atoms with Gasteiger partial charge in [-0.1, -0.05) is 11.3 Å². The van der Waals surface area contributed by atoms with Crippen molar-refractivity contribution in [1.82, 2.24) is 15.2 Å². The summed E-state index contributed by atoms with van der Waals surface area (Å²) in [6, 6.07) is 0. The monoisotopic (exact) mass is 359 g/mol. The fourth-order valence-electron chi connectivity index (χ4n) is 1.20. The maximum Gasteiger partial charge on any atom is 0.445 e. The van der Waals surface area contributed by atoms with Gasteiger partial charge in [0.15, 0.2) is 0 Å². The maximum atomic E-state index is 12.3. The van der Waals surface area contributed by atoms with Gasteiger partial charge in [-0.2, -0.15) is 13.2 Å². The van der Waals surface area contributed by atoms with E-state index < -0.39 is 17.1 Å². The van der Waals surface area contributed by atoms with Crippen LogP contribution in [-0.2, 0) is 12.6 Å². The van der Waals surface area contributed by atoms with E-state index in [0.29, 0.717) is 18.0 Å². The third-order valence-corrected chi connectivity index (χ3v) is 3.82. The largest absolute Gasteiger partial charge is 0.445 e.